The summed E-state index contributed by atoms with van der Waals surface area (Å²) in [6.45, 7) is 0.650. The number of hydrogen-bond donors (Lipinski definition) is 2. The molecular formula is C11H12N4. The van der Waals surface area contributed by atoms with E-state index in [2.05, 4.69) is 20.6 Å². The highest BCUT2D eigenvalue weighted by Crippen LogP contribution is 2.04. The first-order chi connectivity index (χ1) is 7.45. The Hall–Kier alpha value is -2.10. The molecule has 0 aliphatic carbocycles. The van der Waals surface area contributed by atoms with Gasteiger partial charge in [-0.3, -0.25) is 9.97 Å². The van der Waals surface area contributed by atoms with E-state index in [0.29, 0.717) is 6.67 Å². The standard InChI is InChI=1S/C11H12N4/c1-3-10(7-12-5-1)14-9-15-11-4-2-6-13-8-11/h1-8,14-15H,9H2. The second kappa shape index (κ2) is 4.95. The highest BCUT2D eigenvalue weighted by Gasteiger charge is 1.90. The second-order valence-electron chi connectivity index (χ2n) is 3.01. The summed E-state index contributed by atoms with van der Waals surface area (Å²) >= 11 is 0. The van der Waals surface area contributed by atoms with Gasteiger partial charge in [0.25, 0.3) is 0 Å². The van der Waals surface area contributed by atoms with Gasteiger partial charge in [0, 0.05) is 24.8 Å². The number of nitrogens with one attached hydrogen (secondary N) is 2. The normalized spacial score (nSPS) is 9.60. The molecule has 0 fully saturated rings. The molecule has 0 saturated heterocycles. The van der Waals surface area contributed by atoms with Gasteiger partial charge in [-0.1, -0.05) is 0 Å². The highest BCUT2D eigenvalue weighted by molar-refractivity contribution is 5.44. The van der Waals surface area contributed by atoms with E-state index in [-0.39, 0.29) is 0 Å². The molecule has 0 aliphatic heterocycles. The molecule has 0 bridgehead atoms. The fourth-order valence-corrected chi connectivity index (χ4v) is 1.18. The molecule has 0 amide bonds. The fourth-order valence-electron chi connectivity index (χ4n) is 1.18. The molecule has 2 N–H and O–H groups in total. The average Bonchev–Trinajstić information content (AvgIpc) is 2.32. The van der Waals surface area contributed by atoms with Crippen LogP contribution in [0.4, 0.5) is 11.4 Å². The Morgan fingerprint density at radius 2 is 1.40 bits per heavy atom. The summed E-state index contributed by atoms with van der Waals surface area (Å²) in [6, 6.07) is 7.73. The average molecular weight is 200 g/mol. The molecular weight excluding hydrogens is 188 g/mol. The lowest BCUT2D eigenvalue weighted by Crippen LogP contribution is -2.11. The summed E-state index contributed by atoms with van der Waals surface area (Å²) in [7, 11) is 0. The van der Waals surface area contributed by atoms with E-state index in [1.54, 1.807) is 24.8 Å². The zero-order chi connectivity index (χ0) is 10.3. The fraction of sp³-hybridized carbons (Fsp3) is 0.0909. The summed E-state index contributed by atoms with van der Waals surface area (Å²) < 4.78 is 0. The van der Waals surface area contributed by atoms with Crippen molar-refractivity contribution < 1.29 is 0 Å². The smallest absolute Gasteiger partial charge is 0.0850 e. The van der Waals surface area contributed by atoms with Crippen molar-refractivity contribution in [1.82, 2.24) is 9.97 Å². The molecule has 2 heterocycles. The molecule has 0 radical (unpaired) electrons. The van der Waals surface area contributed by atoms with Crippen molar-refractivity contribution in [1.29, 1.82) is 0 Å². The van der Waals surface area contributed by atoms with Crippen LogP contribution in [0.15, 0.2) is 49.1 Å². The van der Waals surface area contributed by atoms with Gasteiger partial charge in [-0.25, -0.2) is 0 Å². The zero-order valence-electron chi connectivity index (χ0n) is 8.22. The van der Waals surface area contributed by atoms with Crippen LogP contribution in [-0.4, -0.2) is 16.6 Å². The van der Waals surface area contributed by atoms with Crippen LogP contribution < -0.4 is 10.6 Å². The molecule has 15 heavy (non-hydrogen) atoms. The topological polar surface area (TPSA) is 49.8 Å². The lowest BCUT2D eigenvalue weighted by Gasteiger charge is -2.07. The van der Waals surface area contributed by atoms with Crippen molar-refractivity contribution in [3.05, 3.63) is 49.1 Å². The minimum atomic E-state index is 0.650. The molecule has 0 aromatic carbocycles. The van der Waals surface area contributed by atoms with Crippen LogP contribution in [0.3, 0.4) is 0 Å². The Morgan fingerprint density at radius 1 is 0.867 bits per heavy atom. The molecule has 0 aliphatic rings. The van der Waals surface area contributed by atoms with E-state index in [1.807, 2.05) is 24.3 Å². The van der Waals surface area contributed by atoms with Gasteiger partial charge in [0.15, 0.2) is 0 Å². The molecule has 0 unspecified atom stereocenters. The van der Waals surface area contributed by atoms with E-state index < -0.39 is 0 Å². The SMILES string of the molecule is c1cncc(NCNc2cccnc2)c1. The van der Waals surface area contributed by atoms with Gasteiger partial charge in [-0.2, -0.15) is 0 Å². The summed E-state index contributed by atoms with van der Waals surface area (Å²) in [5.74, 6) is 0. The van der Waals surface area contributed by atoms with Crippen LogP contribution in [0.1, 0.15) is 0 Å². The third-order valence-electron chi connectivity index (χ3n) is 1.91. The lowest BCUT2D eigenvalue weighted by atomic mass is 10.4. The first kappa shape index (κ1) is 9.45. The van der Waals surface area contributed by atoms with Crippen LogP contribution in [0.5, 0.6) is 0 Å². The van der Waals surface area contributed by atoms with Crippen molar-refractivity contribution in [2.45, 2.75) is 0 Å². The Bertz CT molecular complexity index is 348. The molecule has 0 spiro atoms. The zero-order valence-corrected chi connectivity index (χ0v) is 8.22. The predicted molar refractivity (Wildman–Crippen MR) is 60.6 cm³/mol. The molecule has 2 aromatic heterocycles. The third-order valence-corrected chi connectivity index (χ3v) is 1.91. The maximum absolute atomic E-state index is 4.01. The number of anilines is 2. The summed E-state index contributed by atoms with van der Waals surface area (Å²) in [5, 5.41) is 6.38. The van der Waals surface area contributed by atoms with Crippen molar-refractivity contribution in [2.24, 2.45) is 0 Å². The van der Waals surface area contributed by atoms with Gasteiger partial charge < -0.3 is 10.6 Å². The van der Waals surface area contributed by atoms with Crippen molar-refractivity contribution in [3.63, 3.8) is 0 Å². The largest absolute Gasteiger partial charge is 0.367 e. The summed E-state index contributed by atoms with van der Waals surface area (Å²) in [6.07, 6.45) is 7.06. The van der Waals surface area contributed by atoms with Crippen molar-refractivity contribution in [3.8, 4) is 0 Å². The molecule has 4 nitrogen and oxygen atoms in total. The van der Waals surface area contributed by atoms with E-state index in [4.69, 9.17) is 0 Å². The number of rotatable bonds is 4. The molecule has 2 aromatic rings. The molecule has 0 atom stereocenters. The van der Waals surface area contributed by atoms with Crippen LogP contribution >= 0.6 is 0 Å². The number of aromatic nitrogens is 2. The van der Waals surface area contributed by atoms with Gasteiger partial charge in [0.1, 0.15) is 0 Å². The maximum Gasteiger partial charge on any atom is 0.0850 e. The Balaban J connectivity index is 1.81. The first-order valence-electron chi connectivity index (χ1n) is 4.73. The van der Waals surface area contributed by atoms with Crippen LogP contribution in [-0.2, 0) is 0 Å². The van der Waals surface area contributed by atoms with E-state index in [9.17, 15) is 0 Å². The molecule has 0 saturated carbocycles. The Labute approximate surface area is 88.4 Å². The van der Waals surface area contributed by atoms with E-state index >= 15 is 0 Å². The minimum absolute atomic E-state index is 0.650. The Morgan fingerprint density at radius 3 is 1.80 bits per heavy atom. The molecule has 4 heteroatoms. The van der Waals surface area contributed by atoms with Gasteiger partial charge in [-0.05, 0) is 24.3 Å². The van der Waals surface area contributed by atoms with Crippen LogP contribution in [0.2, 0.25) is 0 Å². The van der Waals surface area contributed by atoms with E-state index in [1.165, 1.54) is 0 Å². The van der Waals surface area contributed by atoms with Gasteiger partial charge >= 0.3 is 0 Å². The first-order valence-corrected chi connectivity index (χ1v) is 4.73. The van der Waals surface area contributed by atoms with E-state index in [0.717, 1.165) is 11.4 Å². The summed E-state index contributed by atoms with van der Waals surface area (Å²) in [5.41, 5.74) is 1.99. The van der Waals surface area contributed by atoms with Crippen molar-refractivity contribution in [2.75, 3.05) is 17.3 Å². The molecule has 2 rings (SSSR count). The third kappa shape index (κ3) is 2.95. The van der Waals surface area contributed by atoms with Gasteiger partial charge in [0.2, 0.25) is 0 Å². The number of nitrogens with zero attached hydrogens (tertiary/aromatic N) is 2. The van der Waals surface area contributed by atoms with Crippen LogP contribution in [0.25, 0.3) is 0 Å². The maximum atomic E-state index is 4.01. The monoisotopic (exact) mass is 200 g/mol. The van der Waals surface area contributed by atoms with Gasteiger partial charge in [0.05, 0.1) is 18.0 Å². The van der Waals surface area contributed by atoms with Crippen molar-refractivity contribution >= 4 is 11.4 Å². The number of hydrogen-bond acceptors (Lipinski definition) is 4. The highest BCUT2D eigenvalue weighted by atomic mass is 15.1. The predicted octanol–water partition coefficient (Wildman–Crippen LogP) is 1.96. The Kier molecular flexibility index (Phi) is 3.12. The lowest BCUT2D eigenvalue weighted by molar-refractivity contribution is 1.18. The number of pyridine rings is 2. The second-order valence-corrected chi connectivity index (χ2v) is 3.01. The minimum Gasteiger partial charge on any atom is -0.367 e. The van der Waals surface area contributed by atoms with Gasteiger partial charge in [-0.15, -0.1) is 0 Å². The quantitative estimate of drug-likeness (QED) is 0.741. The van der Waals surface area contributed by atoms with Crippen LogP contribution in [0, 0.1) is 0 Å². The summed E-state index contributed by atoms with van der Waals surface area (Å²) in [4.78, 5) is 8.02. The molecule has 76 valence electrons.